The number of rotatable bonds is 5. The number of nitrogens with one attached hydrogen (secondary N) is 1. The molecule has 1 aliphatic rings. The SMILES string of the molecule is O=C(NCc1ccc(CN2CCOCC2)cc1)c1cc2ccccc2cc1O. The highest BCUT2D eigenvalue weighted by molar-refractivity contribution is 6.01. The molecule has 0 saturated carbocycles. The number of aromatic hydroxyl groups is 1. The Labute approximate surface area is 164 Å². The van der Waals surface area contributed by atoms with Gasteiger partial charge in [0.2, 0.25) is 0 Å². The topological polar surface area (TPSA) is 61.8 Å². The summed E-state index contributed by atoms with van der Waals surface area (Å²) in [6, 6.07) is 19.3. The average molecular weight is 376 g/mol. The van der Waals surface area contributed by atoms with Crippen molar-refractivity contribution in [2.45, 2.75) is 13.1 Å². The second-order valence-electron chi connectivity index (χ2n) is 7.10. The molecule has 0 radical (unpaired) electrons. The number of phenolic OH excluding ortho intramolecular Hbond substituents is 1. The molecule has 0 aliphatic carbocycles. The molecule has 0 bridgehead atoms. The van der Waals surface area contributed by atoms with Gasteiger partial charge in [-0.15, -0.1) is 0 Å². The standard InChI is InChI=1S/C23H24N2O3/c26-22-14-20-4-2-1-3-19(20)13-21(22)23(27)24-15-17-5-7-18(8-6-17)16-25-9-11-28-12-10-25/h1-8,13-14,26H,9-12,15-16H2,(H,24,27). The number of benzene rings is 3. The Morgan fingerprint density at radius 2 is 1.61 bits per heavy atom. The number of ether oxygens (including phenoxy) is 1. The Morgan fingerprint density at radius 3 is 2.32 bits per heavy atom. The Balaban J connectivity index is 1.37. The maximum absolute atomic E-state index is 12.5. The quantitative estimate of drug-likeness (QED) is 0.717. The highest BCUT2D eigenvalue weighted by atomic mass is 16.5. The fourth-order valence-corrected chi connectivity index (χ4v) is 3.47. The zero-order valence-electron chi connectivity index (χ0n) is 15.7. The van der Waals surface area contributed by atoms with E-state index in [0.717, 1.165) is 49.2 Å². The largest absolute Gasteiger partial charge is 0.507 e. The highest BCUT2D eigenvalue weighted by Crippen LogP contribution is 2.25. The summed E-state index contributed by atoms with van der Waals surface area (Å²) in [5, 5.41) is 14.9. The van der Waals surface area contributed by atoms with Crippen molar-refractivity contribution in [3.63, 3.8) is 0 Å². The number of fused-ring (bicyclic) bond motifs is 1. The third kappa shape index (κ3) is 4.32. The van der Waals surface area contributed by atoms with Crippen molar-refractivity contribution in [3.8, 4) is 5.75 Å². The highest BCUT2D eigenvalue weighted by Gasteiger charge is 2.13. The first-order valence-electron chi connectivity index (χ1n) is 9.57. The normalized spacial score (nSPS) is 14.9. The van der Waals surface area contributed by atoms with Crippen LogP contribution in [0.4, 0.5) is 0 Å². The van der Waals surface area contributed by atoms with E-state index in [2.05, 4.69) is 22.3 Å². The predicted molar refractivity (Wildman–Crippen MR) is 109 cm³/mol. The molecular weight excluding hydrogens is 352 g/mol. The van der Waals surface area contributed by atoms with Crippen LogP contribution >= 0.6 is 0 Å². The van der Waals surface area contributed by atoms with Crippen molar-refractivity contribution in [2.75, 3.05) is 26.3 Å². The summed E-state index contributed by atoms with van der Waals surface area (Å²) in [5.74, 6) is -0.280. The Morgan fingerprint density at radius 1 is 0.964 bits per heavy atom. The third-order valence-corrected chi connectivity index (χ3v) is 5.09. The van der Waals surface area contributed by atoms with E-state index in [4.69, 9.17) is 4.74 Å². The summed E-state index contributed by atoms with van der Waals surface area (Å²) < 4.78 is 5.38. The number of morpholine rings is 1. The lowest BCUT2D eigenvalue weighted by atomic mass is 10.1. The van der Waals surface area contributed by atoms with Gasteiger partial charge in [0.15, 0.2) is 0 Å². The maximum atomic E-state index is 12.5. The van der Waals surface area contributed by atoms with Gasteiger partial charge in [-0.1, -0.05) is 48.5 Å². The Hall–Kier alpha value is -2.89. The van der Waals surface area contributed by atoms with Crippen LogP contribution in [0.1, 0.15) is 21.5 Å². The van der Waals surface area contributed by atoms with Gasteiger partial charge >= 0.3 is 0 Å². The molecule has 28 heavy (non-hydrogen) atoms. The van der Waals surface area contributed by atoms with Gasteiger partial charge < -0.3 is 15.2 Å². The molecule has 1 heterocycles. The summed E-state index contributed by atoms with van der Waals surface area (Å²) in [7, 11) is 0. The lowest BCUT2D eigenvalue weighted by Crippen LogP contribution is -2.35. The lowest BCUT2D eigenvalue weighted by Gasteiger charge is -2.26. The van der Waals surface area contributed by atoms with Crippen LogP contribution in [0.2, 0.25) is 0 Å². The van der Waals surface area contributed by atoms with Crippen LogP contribution in [0, 0.1) is 0 Å². The van der Waals surface area contributed by atoms with Gasteiger partial charge in [-0.25, -0.2) is 0 Å². The first-order chi connectivity index (χ1) is 13.7. The van der Waals surface area contributed by atoms with Crippen LogP contribution in [0.25, 0.3) is 10.8 Å². The third-order valence-electron chi connectivity index (χ3n) is 5.09. The summed E-state index contributed by atoms with van der Waals surface area (Å²) in [6.07, 6.45) is 0. The molecule has 1 aliphatic heterocycles. The summed E-state index contributed by atoms with van der Waals surface area (Å²) >= 11 is 0. The summed E-state index contributed by atoms with van der Waals surface area (Å²) in [4.78, 5) is 14.9. The molecule has 1 saturated heterocycles. The Bertz CT molecular complexity index is 963. The van der Waals surface area contributed by atoms with Crippen molar-refractivity contribution in [1.29, 1.82) is 0 Å². The van der Waals surface area contributed by atoms with Crippen molar-refractivity contribution in [2.24, 2.45) is 0 Å². The molecule has 0 atom stereocenters. The van der Waals surface area contributed by atoms with E-state index in [-0.39, 0.29) is 11.7 Å². The molecule has 1 amide bonds. The second-order valence-corrected chi connectivity index (χ2v) is 7.10. The summed E-state index contributed by atoms with van der Waals surface area (Å²) in [6.45, 7) is 4.86. The van der Waals surface area contributed by atoms with Crippen LogP contribution < -0.4 is 5.32 Å². The van der Waals surface area contributed by atoms with Crippen molar-refractivity contribution in [1.82, 2.24) is 10.2 Å². The number of carbonyl (C=O) groups is 1. The average Bonchev–Trinajstić information content (AvgIpc) is 2.73. The van der Waals surface area contributed by atoms with Gasteiger partial charge in [0.05, 0.1) is 18.8 Å². The van der Waals surface area contributed by atoms with Gasteiger partial charge in [0.1, 0.15) is 5.75 Å². The smallest absolute Gasteiger partial charge is 0.255 e. The molecule has 2 N–H and O–H groups in total. The van der Waals surface area contributed by atoms with Crippen LogP contribution in [-0.4, -0.2) is 42.2 Å². The van der Waals surface area contributed by atoms with E-state index >= 15 is 0 Å². The monoisotopic (exact) mass is 376 g/mol. The molecule has 0 spiro atoms. The lowest BCUT2D eigenvalue weighted by molar-refractivity contribution is 0.0342. The molecule has 5 heteroatoms. The van der Waals surface area contributed by atoms with Crippen LogP contribution in [0.15, 0.2) is 60.7 Å². The number of amides is 1. The molecule has 5 nitrogen and oxygen atoms in total. The van der Waals surface area contributed by atoms with Gasteiger partial charge in [-0.2, -0.15) is 0 Å². The molecule has 1 fully saturated rings. The number of nitrogens with zero attached hydrogens (tertiary/aromatic N) is 1. The van der Waals surface area contributed by atoms with Gasteiger partial charge in [0, 0.05) is 26.2 Å². The van der Waals surface area contributed by atoms with Gasteiger partial charge in [0.25, 0.3) is 5.91 Å². The number of phenols is 1. The van der Waals surface area contributed by atoms with Crippen LogP contribution in [-0.2, 0) is 17.8 Å². The molecule has 0 aromatic heterocycles. The zero-order chi connectivity index (χ0) is 19.3. The summed E-state index contributed by atoms with van der Waals surface area (Å²) in [5.41, 5.74) is 2.58. The van der Waals surface area contributed by atoms with E-state index in [9.17, 15) is 9.90 Å². The van der Waals surface area contributed by atoms with Gasteiger partial charge in [-0.05, 0) is 34.0 Å². The van der Waals surface area contributed by atoms with Crippen LogP contribution in [0.3, 0.4) is 0 Å². The van der Waals surface area contributed by atoms with Crippen LogP contribution in [0.5, 0.6) is 5.75 Å². The Kier molecular flexibility index (Phi) is 5.55. The molecule has 144 valence electrons. The minimum Gasteiger partial charge on any atom is -0.507 e. The van der Waals surface area contributed by atoms with E-state index in [1.165, 1.54) is 5.56 Å². The number of hydrogen-bond acceptors (Lipinski definition) is 4. The molecule has 3 aromatic carbocycles. The molecule has 0 unspecified atom stereocenters. The van der Waals surface area contributed by atoms with Crippen molar-refractivity contribution >= 4 is 16.7 Å². The first kappa shape index (κ1) is 18.5. The number of carbonyl (C=O) groups excluding carboxylic acids is 1. The van der Waals surface area contributed by atoms with Crippen molar-refractivity contribution < 1.29 is 14.6 Å². The predicted octanol–water partition coefficient (Wildman–Crippen LogP) is 3.31. The van der Waals surface area contributed by atoms with E-state index < -0.39 is 0 Å². The number of hydrogen-bond donors (Lipinski definition) is 2. The van der Waals surface area contributed by atoms with Crippen molar-refractivity contribution in [3.05, 3.63) is 77.4 Å². The van der Waals surface area contributed by atoms with E-state index in [1.54, 1.807) is 12.1 Å². The fourth-order valence-electron chi connectivity index (χ4n) is 3.47. The molecular formula is C23H24N2O3. The first-order valence-corrected chi connectivity index (χ1v) is 9.57. The maximum Gasteiger partial charge on any atom is 0.255 e. The minimum atomic E-state index is -0.277. The van der Waals surface area contributed by atoms with E-state index in [1.807, 2.05) is 36.4 Å². The molecule has 4 rings (SSSR count). The zero-order valence-corrected chi connectivity index (χ0v) is 15.7. The second kappa shape index (κ2) is 8.42. The fraction of sp³-hybridized carbons (Fsp3) is 0.261. The minimum absolute atomic E-state index is 0.00272. The molecule has 3 aromatic rings. The van der Waals surface area contributed by atoms with Gasteiger partial charge in [-0.3, -0.25) is 9.69 Å². The van der Waals surface area contributed by atoms with E-state index in [0.29, 0.717) is 12.1 Å².